The lowest BCUT2D eigenvalue weighted by Crippen LogP contribution is -2.57. The molecule has 3 rings (SSSR count). The van der Waals surface area contributed by atoms with Gasteiger partial charge in [-0.05, 0) is 31.9 Å². The Bertz CT molecular complexity index is 461. The lowest BCUT2D eigenvalue weighted by Gasteiger charge is -2.39. The van der Waals surface area contributed by atoms with Crippen molar-refractivity contribution in [3.8, 4) is 0 Å². The average Bonchev–Trinajstić information content (AvgIpc) is 3.41. The molecule has 0 radical (unpaired) electrons. The number of carbonyl (C=O) groups excluding carboxylic acids is 1. The molecule has 0 aromatic carbocycles. The summed E-state index contributed by atoms with van der Waals surface area (Å²) in [6.45, 7) is 4.69. The maximum absolute atomic E-state index is 12.3. The quantitative estimate of drug-likeness (QED) is 0.605. The number of thioether (sulfide) groups is 1. The molecule has 3 aliphatic rings. The lowest BCUT2D eigenvalue weighted by molar-refractivity contribution is -0.135. The molecular formula is C16H28N4O2S. The lowest BCUT2D eigenvalue weighted by atomic mass is 9.99. The van der Waals surface area contributed by atoms with Gasteiger partial charge in [0.05, 0.1) is 6.54 Å². The summed E-state index contributed by atoms with van der Waals surface area (Å²) in [6.07, 6.45) is 6.65. The third kappa shape index (κ3) is 3.94. The van der Waals surface area contributed by atoms with Gasteiger partial charge in [0.1, 0.15) is 0 Å². The van der Waals surface area contributed by atoms with Gasteiger partial charge in [-0.15, -0.1) is 0 Å². The molecule has 3 fully saturated rings. The molecule has 0 atom stereocenters. The molecule has 2 heterocycles. The highest BCUT2D eigenvalue weighted by Gasteiger charge is 2.37. The van der Waals surface area contributed by atoms with E-state index in [1.807, 2.05) is 16.7 Å². The molecule has 1 aliphatic carbocycles. The summed E-state index contributed by atoms with van der Waals surface area (Å²) < 4.78 is 5.71. The van der Waals surface area contributed by atoms with E-state index in [1.165, 1.54) is 12.8 Å². The SMILES string of the molecule is CN=C(NCC1(SC)CCOCC1)N1CCN(C2CC2)C(=O)C1. The number of aliphatic imine (C=N–C) groups is 1. The molecule has 2 aliphatic heterocycles. The fourth-order valence-electron chi connectivity index (χ4n) is 3.41. The summed E-state index contributed by atoms with van der Waals surface area (Å²) in [5.41, 5.74) is 0. The van der Waals surface area contributed by atoms with Crippen LogP contribution in [0, 0.1) is 0 Å². The first-order valence-electron chi connectivity index (χ1n) is 8.55. The number of nitrogens with one attached hydrogen (secondary N) is 1. The molecule has 0 bridgehead atoms. The van der Waals surface area contributed by atoms with Crippen molar-refractivity contribution in [1.29, 1.82) is 0 Å². The number of amides is 1. The standard InChI is InChI=1S/C16H28N4O2S/c1-17-15(18-12-16(23-2)5-9-22-10-6-16)19-7-8-20(13-3-4-13)14(21)11-19/h13H,3-12H2,1-2H3,(H,17,18). The second-order valence-electron chi connectivity index (χ2n) is 6.64. The summed E-state index contributed by atoms with van der Waals surface area (Å²) in [7, 11) is 1.80. The van der Waals surface area contributed by atoms with Crippen LogP contribution in [0.4, 0.5) is 0 Å². The Hall–Kier alpha value is -0.950. The van der Waals surface area contributed by atoms with Gasteiger partial charge in [0.25, 0.3) is 0 Å². The van der Waals surface area contributed by atoms with E-state index in [2.05, 4.69) is 21.5 Å². The van der Waals surface area contributed by atoms with E-state index in [0.29, 0.717) is 12.6 Å². The highest BCUT2D eigenvalue weighted by atomic mass is 32.2. The van der Waals surface area contributed by atoms with Crippen LogP contribution in [0.25, 0.3) is 0 Å². The van der Waals surface area contributed by atoms with E-state index in [1.54, 1.807) is 7.05 Å². The van der Waals surface area contributed by atoms with Gasteiger partial charge < -0.3 is 19.9 Å². The maximum atomic E-state index is 12.3. The van der Waals surface area contributed by atoms with Gasteiger partial charge >= 0.3 is 0 Å². The van der Waals surface area contributed by atoms with Gasteiger partial charge in [-0.3, -0.25) is 9.79 Å². The number of rotatable bonds is 4. The van der Waals surface area contributed by atoms with Crippen LogP contribution >= 0.6 is 11.8 Å². The van der Waals surface area contributed by atoms with Crippen LogP contribution in [0.5, 0.6) is 0 Å². The molecular weight excluding hydrogens is 312 g/mol. The van der Waals surface area contributed by atoms with Crippen molar-refractivity contribution in [1.82, 2.24) is 15.1 Å². The number of piperazine rings is 1. The number of guanidine groups is 1. The predicted molar refractivity (Wildman–Crippen MR) is 94.0 cm³/mol. The Morgan fingerprint density at radius 2 is 2.13 bits per heavy atom. The Morgan fingerprint density at radius 3 is 2.70 bits per heavy atom. The first kappa shape index (κ1) is 16.9. The number of hydrogen-bond donors (Lipinski definition) is 1. The third-order valence-electron chi connectivity index (χ3n) is 5.16. The molecule has 6 nitrogen and oxygen atoms in total. The molecule has 1 saturated carbocycles. The molecule has 0 aromatic heterocycles. The monoisotopic (exact) mass is 340 g/mol. The summed E-state index contributed by atoms with van der Waals surface area (Å²) >= 11 is 1.91. The smallest absolute Gasteiger partial charge is 0.242 e. The van der Waals surface area contributed by atoms with Gasteiger partial charge in [-0.2, -0.15) is 11.8 Å². The van der Waals surface area contributed by atoms with Crippen molar-refractivity contribution in [3.05, 3.63) is 0 Å². The van der Waals surface area contributed by atoms with Crippen molar-refractivity contribution >= 4 is 23.6 Å². The van der Waals surface area contributed by atoms with Gasteiger partial charge in [-0.25, -0.2) is 0 Å². The van der Waals surface area contributed by atoms with Crippen LogP contribution in [0.1, 0.15) is 25.7 Å². The Balaban J connectivity index is 1.54. The number of ether oxygens (including phenoxy) is 1. The fourth-order valence-corrected chi connectivity index (χ4v) is 4.20. The Morgan fingerprint density at radius 1 is 1.39 bits per heavy atom. The van der Waals surface area contributed by atoms with E-state index in [9.17, 15) is 4.79 Å². The molecule has 1 N–H and O–H groups in total. The zero-order valence-corrected chi connectivity index (χ0v) is 15.0. The van der Waals surface area contributed by atoms with Crippen LogP contribution in [-0.4, -0.2) is 85.2 Å². The molecule has 130 valence electrons. The average molecular weight is 340 g/mol. The van der Waals surface area contributed by atoms with Crippen LogP contribution < -0.4 is 5.32 Å². The minimum atomic E-state index is 0.216. The van der Waals surface area contributed by atoms with Crippen molar-refractivity contribution in [2.45, 2.75) is 36.5 Å². The Labute approximate surface area is 143 Å². The first-order chi connectivity index (χ1) is 11.2. The van der Waals surface area contributed by atoms with E-state index < -0.39 is 0 Å². The zero-order chi connectivity index (χ0) is 16.3. The number of hydrogen-bond acceptors (Lipinski definition) is 4. The second kappa shape index (κ2) is 7.30. The maximum Gasteiger partial charge on any atom is 0.242 e. The molecule has 23 heavy (non-hydrogen) atoms. The minimum absolute atomic E-state index is 0.216. The van der Waals surface area contributed by atoms with Crippen molar-refractivity contribution < 1.29 is 9.53 Å². The molecule has 1 amide bonds. The van der Waals surface area contributed by atoms with Crippen molar-refractivity contribution in [2.24, 2.45) is 4.99 Å². The van der Waals surface area contributed by atoms with Crippen molar-refractivity contribution in [3.63, 3.8) is 0 Å². The van der Waals surface area contributed by atoms with E-state index in [-0.39, 0.29) is 10.7 Å². The summed E-state index contributed by atoms with van der Waals surface area (Å²) in [4.78, 5) is 20.9. The van der Waals surface area contributed by atoms with Crippen LogP contribution in [-0.2, 0) is 9.53 Å². The number of nitrogens with zero attached hydrogens (tertiary/aromatic N) is 3. The molecule has 0 aromatic rings. The first-order valence-corrected chi connectivity index (χ1v) is 9.78. The van der Waals surface area contributed by atoms with E-state index in [0.717, 1.165) is 51.6 Å². The normalized spacial score (nSPS) is 25.7. The molecule has 2 saturated heterocycles. The largest absolute Gasteiger partial charge is 0.381 e. The van der Waals surface area contributed by atoms with Gasteiger partial charge in [-0.1, -0.05) is 0 Å². The van der Waals surface area contributed by atoms with Gasteiger partial charge in [0.2, 0.25) is 5.91 Å². The predicted octanol–water partition coefficient (Wildman–Crippen LogP) is 0.781. The molecule has 7 heteroatoms. The van der Waals surface area contributed by atoms with Crippen LogP contribution in [0.15, 0.2) is 4.99 Å². The third-order valence-corrected chi connectivity index (χ3v) is 6.58. The van der Waals surface area contributed by atoms with Crippen LogP contribution in [0.3, 0.4) is 0 Å². The Kier molecular flexibility index (Phi) is 5.36. The fraction of sp³-hybridized carbons (Fsp3) is 0.875. The van der Waals surface area contributed by atoms with Crippen LogP contribution in [0.2, 0.25) is 0 Å². The second-order valence-corrected chi connectivity index (χ2v) is 7.91. The minimum Gasteiger partial charge on any atom is -0.381 e. The highest BCUT2D eigenvalue weighted by Crippen LogP contribution is 2.33. The molecule has 0 unspecified atom stereocenters. The zero-order valence-electron chi connectivity index (χ0n) is 14.2. The highest BCUT2D eigenvalue weighted by molar-refractivity contribution is 8.00. The van der Waals surface area contributed by atoms with E-state index >= 15 is 0 Å². The number of carbonyl (C=O) groups is 1. The van der Waals surface area contributed by atoms with E-state index in [4.69, 9.17) is 4.74 Å². The molecule has 0 spiro atoms. The van der Waals surface area contributed by atoms with Gasteiger partial charge in [0, 0.05) is 50.7 Å². The summed E-state index contributed by atoms with van der Waals surface area (Å²) in [5.74, 6) is 1.10. The topological polar surface area (TPSA) is 57.2 Å². The van der Waals surface area contributed by atoms with Gasteiger partial charge in [0.15, 0.2) is 5.96 Å². The van der Waals surface area contributed by atoms with Crippen molar-refractivity contribution in [2.75, 3.05) is 52.7 Å². The summed E-state index contributed by atoms with van der Waals surface area (Å²) in [5, 5.41) is 3.51. The summed E-state index contributed by atoms with van der Waals surface area (Å²) in [6, 6.07) is 0.515.